The summed E-state index contributed by atoms with van der Waals surface area (Å²) in [6, 6.07) is 5.92. The van der Waals surface area contributed by atoms with Gasteiger partial charge in [0.1, 0.15) is 0 Å². The molecule has 2 aliphatic rings. The van der Waals surface area contributed by atoms with Crippen molar-refractivity contribution in [3.63, 3.8) is 0 Å². The number of carboxylic acid groups (broad SMARTS) is 1. The van der Waals surface area contributed by atoms with Gasteiger partial charge in [0.2, 0.25) is 5.91 Å². The molecule has 1 saturated heterocycles. The quantitative estimate of drug-likeness (QED) is 0.662. The van der Waals surface area contributed by atoms with E-state index in [9.17, 15) is 14.7 Å². The summed E-state index contributed by atoms with van der Waals surface area (Å²) in [7, 11) is 0. The minimum absolute atomic E-state index is 0.0793. The molecule has 1 aliphatic heterocycles. The van der Waals surface area contributed by atoms with Crippen LogP contribution in [0.4, 0.5) is 0 Å². The Balaban J connectivity index is 1.56. The number of aliphatic carboxylic acids is 1. The van der Waals surface area contributed by atoms with Gasteiger partial charge in [-0.25, -0.2) is 0 Å². The SMILES string of the molecule is CC(C)C(CC(=O)N1CCC(C(=O)O)C2CCCCC21)c1c[nH]c2cc(Cl)ccc12. The van der Waals surface area contributed by atoms with Crippen molar-refractivity contribution in [2.75, 3.05) is 6.54 Å². The third-order valence-electron chi connectivity index (χ3n) is 7.29. The van der Waals surface area contributed by atoms with Gasteiger partial charge in [0, 0.05) is 41.1 Å². The van der Waals surface area contributed by atoms with Crippen LogP contribution in [0.15, 0.2) is 24.4 Å². The van der Waals surface area contributed by atoms with E-state index in [0.29, 0.717) is 30.3 Å². The van der Waals surface area contributed by atoms with Crippen LogP contribution in [0.25, 0.3) is 10.9 Å². The summed E-state index contributed by atoms with van der Waals surface area (Å²) in [5, 5.41) is 11.5. The Hall–Kier alpha value is -2.01. The zero-order valence-corrected chi connectivity index (χ0v) is 18.5. The Labute approximate surface area is 182 Å². The summed E-state index contributed by atoms with van der Waals surface area (Å²) >= 11 is 6.13. The highest BCUT2D eigenvalue weighted by atomic mass is 35.5. The molecule has 6 heteroatoms. The molecule has 1 aliphatic carbocycles. The fourth-order valence-corrected chi connectivity index (χ4v) is 5.88. The lowest BCUT2D eigenvalue weighted by Gasteiger charge is -2.47. The zero-order valence-electron chi connectivity index (χ0n) is 17.7. The van der Waals surface area contributed by atoms with Crippen LogP contribution in [0, 0.1) is 17.8 Å². The molecule has 4 atom stereocenters. The third kappa shape index (κ3) is 3.96. The van der Waals surface area contributed by atoms with E-state index in [0.717, 1.165) is 42.1 Å². The number of likely N-dealkylation sites (tertiary alicyclic amines) is 1. The van der Waals surface area contributed by atoms with Gasteiger partial charge < -0.3 is 15.0 Å². The number of hydrogen-bond acceptors (Lipinski definition) is 2. The first-order valence-electron chi connectivity index (χ1n) is 11.2. The van der Waals surface area contributed by atoms with Gasteiger partial charge in [0.05, 0.1) is 5.92 Å². The molecule has 2 N–H and O–H groups in total. The van der Waals surface area contributed by atoms with Crippen LogP contribution in [0.1, 0.15) is 63.9 Å². The predicted octanol–water partition coefficient (Wildman–Crippen LogP) is 5.44. The van der Waals surface area contributed by atoms with Crippen molar-refractivity contribution in [1.82, 2.24) is 9.88 Å². The average molecular weight is 431 g/mol. The summed E-state index contributed by atoms with van der Waals surface area (Å²) in [6.45, 7) is 4.88. The number of aromatic amines is 1. The monoisotopic (exact) mass is 430 g/mol. The van der Waals surface area contributed by atoms with Crippen molar-refractivity contribution in [3.8, 4) is 0 Å². The van der Waals surface area contributed by atoms with Crippen LogP contribution in [0.2, 0.25) is 5.02 Å². The van der Waals surface area contributed by atoms with Gasteiger partial charge in [-0.05, 0) is 54.7 Å². The van der Waals surface area contributed by atoms with E-state index in [2.05, 4.69) is 18.8 Å². The molecule has 2 heterocycles. The lowest BCUT2D eigenvalue weighted by atomic mass is 9.71. The Kier molecular flexibility index (Phi) is 6.10. The number of aromatic nitrogens is 1. The molecular formula is C24H31ClN2O3. The van der Waals surface area contributed by atoms with Crippen LogP contribution < -0.4 is 0 Å². The second-order valence-electron chi connectivity index (χ2n) is 9.32. The summed E-state index contributed by atoms with van der Waals surface area (Å²) in [5.41, 5.74) is 2.15. The second kappa shape index (κ2) is 8.62. The number of fused-ring (bicyclic) bond motifs is 2. The predicted molar refractivity (Wildman–Crippen MR) is 119 cm³/mol. The van der Waals surface area contributed by atoms with Crippen molar-refractivity contribution < 1.29 is 14.7 Å². The summed E-state index contributed by atoms with van der Waals surface area (Å²) in [5.74, 6) is -0.330. The highest BCUT2D eigenvalue weighted by Gasteiger charge is 2.44. The van der Waals surface area contributed by atoms with Gasteiger partial charge >= 0.3 is 5.97 Å². The normalized spacial score (nSPS) is 25.3. The maximum absolute atomic E-state index is 13.5. The molecule has 1 amide bonds. The van der Waals surface area contributed by atoms with E-state index in [1.165, 1.54) is 0 Å². The number of nitrogens with one attached hydrogen (secondary N) is 1. The minimum atomic E-state index is -0.698. The van der Waals surface area contributed by atoms with E-state index >= 15 is 0 Å². The molecule has 0 bridgehead atoms. The lowest BCUT2D eigenvalue weighted by Crippen LogP contribution is -2.54. The second-order valence-corrected chi connectivity index (χ2v) is 9.76. The maximum atomic E-state index is 13.5. The Morgan fingerprint density at radius 2 is 2.00 bits per heavy atom. The highest BCUT2D eigenvalue weighted by Crippen LogP contribution is 2.41. The lowest BCUT2D eigenvalue weighted by molar-refractivity contribution is -0.154. The van der Waals surface area contributed by atoms with E-state index < -0.39 is 5.97 Å². The molecule has 2 aromatic rings. The molecule has 1 aromatic heterocycles. The Morgan fingerprint density at radius 3 is 2.73 bits per heavy atom. The number of piperidine rings is 1. The van der Waals surface area contributed by atoms with Crippen molar-refractivity contribution in [2.45, 2.75) is 64.3 Å². The number of carbonyl (C=O) groups excluding carboxylic acids is 1. The van der Waals surface area contributed by atoms with Crippen molar-refractivity contribution in [3.05, 3.63) is 35.0 Å². The highest BCUT2D eigenvalue weighted by molar-refractivity contribution is 6.31. The van der Waals surface area contributed by atoms with Gasteiger partial charge in [0.15, 0.2) is 0 Å². The maximum Gasteiger partial charge on any atom is 0.306 e. The molecule has 162 valence electrons. The number of H-pyrrole nitrogens is 1. The number of amides is 1. The van der Waals surface area contributed by atoms with Gasteiger partial charge in [-0.1, -0.05) is 44.4 Å². The topological polar surface area (TPSA) is 73.4 Å². The molecule has 5 nitrogen and oxygen atoms in total. The molecule has 1 aromatic carbocycles. The van der Waals surface area contributed by atoms with Crippen LogP contribution in [-0.4, -0.2) is 39.5 Å². The zero-order chi connectivity index (χ0) is 21.4. The molecule has 4 rings (SSSR count). The average Bonchev–Trinajstić information content (AvgIpc) is 3.13. The number of halogens is 1. The Morgan fingerprint density at radius 1 is 1.23 bits per heavy atom. The van der Waals surface area contributed by atoms with Crippen LogP contribution in [0.5, 0.6) is 0 Å². The summed E-state index contributed by atoms with van der Waals surface area (Å²) in [6.07, 6.45) is 7.03. The Bertz CT molecular complexity index is 938. The van der Waals surface area contributed by atoms with Crippen molar-refractivity contribution in [2.24, 2.45) is 17.8 Å². The summed E-state index contributed by atoms with van der Waals surface area (Å²) < 4.78 is 0. The van der Waals surface area contributed by atoms with Gasteiger partial charge in [-0.3, -0.25) is 9.59 Å². The number of rotatable bonds is 5. The minimum Gasteiger partial charge on any atom is -0.481 e. The first kappa shape index (κ1) is 21.2. The number of hydrogen-bond donors (Lipinski definition) is 2. The first-order chi connectivity index (χ1) is 14.4. The fraction of sp³-hybridized carbons (Fsp3) is 0.583. The molecular weight excluding hydrogens is 400 g/mol. The number of carbonyl (C=O) groups is 2. The van der Waals surface area contributed by atoms with E-state index in [-0.39, 0.29) is 29.7 Å². The van der Waals surface area contributed by atoms with E-state index in [1.807, 2.05) is 29.3 Å². The molecule has 0 spiro atoms. The van der Waals surface area contributed by atoms with Gasteiger partial charge in [0.25, 0.3) is 0 Å². The van der Waals surface area contributed by atoms with E-state index in [4.69, 9.17) is 11.6 Å². The standard InChI is InChI=1S/C24H31ClN2O3/c1-14(2)19(20-13-26-21-11-15(25)7-8-16(20)21)12-23(28)27-10-9-18(24(29)30)17-5-3-4-6-22(17)27/h7-8,11,13-14,17-19,22,26H,3-6,9-10,12H2,1-2H3,(H,29,30). The number of carboxylic acids is 1. The van der Waals surface area contributed by atoms with Crippen LogP contribution in [-0.2, 0) is 9.59 Å². The fourth-order valence-electron chi connectivity index (χ4n) is 5.71. The number of nitrogens with zero attached hydrogens (tertiary/aromatic N) is 1. The molecule has 1 saturated carbocycles. The number of benzene rings is 1. The molecule has 4 unspecified atom stereocenters. The smallest absolute Gasteiger partial charge is 0.306 e. The van der Waals surface area contributed by atoms with Gasteiger partial charge in [-0.15, -0.1) is 0 Å². The first-order valence-corrected chi connectivity index (χ1v) is 11.5. The molecule has 2 fully saturated rings. The van der Waals surface area contributed by atoms with Crippen molar-refractivity contribution >= 4 is 34.4 Å². The molecule has 0 radical (unpaired) electrons. The summed E-state index contributed by atoms with van der Waals surface area (Å²) in [4.78, 5) is 30.5. The van der Waals surface area contributed by atoms with E-state index in [1.54, 1.807) is 0 Å². The van der Waals surface area contributed by atoms with Crippen LogP contribution in [0.3, 0.4) is 0 Å². The van der Waals surface area contributed by atoms with Gasteiger partial charge in [-0.2, -0.15) is 0 Å². The largest absolute Gasteiger partial charge is 0.481 e. The molecule has 30 heavy (non-hydrogen) atoms. The van der Waals surface area contributed by atoms with Crippen LogP contribution >= 0.6 is 11.6 Å². The third-order valence-corrected chi connectivity index (χ3v) is 7.53. The van der Waals surface area contributed by atoms with Crippen molar-refractivity contribution in [1.29, 1.82) is 0 Å².